The van der Waals surface area contributed by atoms with E-state index in [2.05, 4.69) is 50.8 Å². The molecule has 5 nitrogen and oxygen atoms in total. The quantitative estimate of drug-likeness (QED) is 0.344. The van der Waals surface area contributed by atoms with Crippen molar-refractivity contribution in [3.8, 4) is 5.75 Å². The van der Waals surface area contributed by atoms with Crippen molar-refractivity contribution in [1.82, 2.24) is 9.80 Å². The zero-order valence-corrected chi connectivity index (χ0v) is 23.0. The molecule has 34 heavy (non-hydrogen) atoms. The van der Waals surface area contributed by atoms with Crippen LogP contribution in [-0.4, -0.2) is 60.8 Å². The van der Waals surface area contributed by atoms with Crippen molar-refractivity contribution in [3.05, 3.63) is 29.3 Å². The van der Waals surface area contributed by atoms with Gasteiger partial charge in [-0.25, -0.2) is 4.79 Å². The minimum Gasteiger partial charge on any atom is -0.493 e. The van der Waals surface area contributed by atoms with E-state index in [4.69, 9.17) is 9.47 Å². The zero-order valence-electron chi connectivity index (χ0n) is 23.0. The standard InChI is InChI=1S/C29H50N2O3/c1-24-15-16-26(25(23-24)28(2,3)4)33-22-13-11-9-8-10-12-17-30-18-14-19-31(21-20-30)27(32)34-29(5,6)7/h15-16,23H,8-14,17-22H2,1-7H3. The molecular formula is C29H50N2O3. The summed E-state index contributed by atoms with van der Waals surface area (Å²) in [6.07, 6.45) is 8.27. The first-order valence-corrected chi connectivity index (χ1v) is 13.4. The summed E-state index contributed by atoms with van der Waals surface area (Å²) >= 11 is 0. The molecule has 1 aromatic rings. The van der Waals surface area contributed by atoms with Gasteiger partial charge in [0, 0.05) is 19.6 Å². The number of carbonyl (C=O) groups excluding carboxylic acids is 1. The molecule has 1 saturated heterocycles. The number of hydrogen-bond acceptors (Lipinski definition) is 4. The second kappa shape index (κ2) is 13.4. The van der Waals surface area contributed by atoms with E-state index in [1.807, 2.05) is 25.7 Å². The van der Waals surface area contributed by atoms with Gasteiger partial charge in [-0.2, -0.15) is 0 Å². The first-order chi connectivity index (χ1) is 16.0. The zero-order chi connectivity index (χ0) is 25.2. The molecule has 5 heteroatoms. The molecule has 0 N–H and O–H groups in total. The highest BCUT2D eigenvalue weighted by Crippen LogP contribution is 2.32. The van der Waals surface area contributed by atoms with E-state index in [9.17, 15) is 4.79 Å². The minimum atomic E-state index is -0.425. The smallest absolute Gasteiger partial charge is 0.410 e. The lowest BCUT2D eigenvalue weighted by atomic mass is 9.85. The first-order valence-electron chi connectivity index (χ1n) is 13.4. The van der Waals surface area contributed by atoms with E-state index in [1.165, 1.54) is 43.2 Å². The van der Waals surface area contributed by atoms with Crippen LogP contribution in [0, 0.1) is 6.92 Å². The molecule has 1 heterocycles. The molecule has 2 rings (SSSR count). The van der Waals surface area contributed by atoms with Crippen molar-refractivity contribution in [1.29, 1.82) is 0 Å². The molecule has 1 aliphatic heterocycles. The molecule has 0 spiro atoms. The molecular weight excluding hydrogens is 424 g/mol. The second-order valence-electron chi connectivity index (χ2n) is 11.9. The maximum absolute atomic E-state index is 12.3. The fraction of sp³-hybridized carbons (Fsp3) is 0.759. The van der Waals surface area contributed by atoms with Gasteiger partial charge in [-0.3, -0.25) is 0 Å². The lowest BCUT2D eigenvalue weighted by Crippen LogP contribution is -2.39. The molecule has 0 radical (unpaired) electrons. The number of nitrogens with zero attached hydrogens (tertiary/aromatic N) is 2. The Balaban J connectivity index is 1.55. The van der Waals surface area contributed by atoms with Gasteiger partial charge in [0.2, 0.25) is 0 Å². The maximum Gasteiger partial charge on any atom is 0.410 e. The third-order valence-corrected chi connectivity index (χ3v) is 6.31. The van der Waals surface area contributed by atoms with Gasteiger partial charge >= 0.3 is 6.09 Å². The molecule has 0 atom stereocenters. The van der Waals surface area contributed by atoms with Crippen LogP contribution in [0.1, 0.15) is 97.6 Å². The fourth-order valence-electron chi connectivity index (χ4n) is 4.39. The van der Waals surface area contributed by atoms with Crippen LogP contribution in [0.3, 0.4) is 0 Å². The molecule has 1 aliphatic rings. The molecule has 1 fully saturated rings. The Bertz CT molecular complexity index is 749. The Morgan fingerprint density at radius 2 is 1.56 bits per heavy atom. The highest BCUT2D eigenvalue weighted by molar-refractivity contribution is 5.68. The number of amides is 1. The number of carbonyl (C=O) groups is 1. The summed E-state index contributed by atoms with van der Waals surface area (Å²) in [5.74, 6) is 1.04. The van der Waals surface area contributed by atoms with Gasteiger partial charge in [0.15, 0.2) is 0 Å². The van der Waals surface area contributed by atoms with Crippen molar-refractivity contribution < 1.29 is 14.3 Å². The Kier molecular flexibility index (Phi) is 11.2. The SMILES string of the molecule is Cc1ccc(OCCCCCCCCN2CCCN(C(=O)OC(C)(C)C)CC2)c(C(C)(C)C)c1. The second-order valence-corrected chi connectivity index (χ2v) is 11.9. The van der Waals surface area contributed by atoms with Crippen molar-refractivity contribution in [2.45, 2.75) is 104 Å². The molecule has 1 aromatic carbocycles. The Morgan fingerprint density at radius 3 is 2.24 bits per heavy atom. The molecule has 1 amide bonds. The van der Waals surface area contributed by atoms with Crippen LogP contribution < -0.4 is 4.74 Å². The number of benzene rings is 1. The molecule has 0 bridgehead atoms. The van der Waals surface area contributed by atoms with Gasteiger partial charge in [-0.05, 0) is 77.1 Å². The minimum absolute atomic E-state index is 0.0999. The van der Waals surface area contributed by atoms with E-state index >= 15 is 0 Å². The van der Waals surface area contributed by atoms with Gasteiger partial charge in [0.05, 0.1) is 6.61 Å². The third-order valence-electron chi connectivity index (χ3n) is 6.31. The van der Waals surface area contributed by atoms with Gasteiger partial charge in [-0.1, -0.05) is 64.2 Å². The van der Waals surface area contributed by atoms with E-state index < -0.39 is 5.60 Å². The van der Waals surface area contributed by atoms with E-state index in [0.717, 1.165) is 57.9 Å². The molecule has 0 unspecified atom stereocenters. The Morgan fingerprint density at radius 1 is 0.882 bits per heavy atom. The Labute approximate surface area is 209 Å². The maximum atomic E-state index is 12.3. The lowest BCUT2D eigenvalue weighted by molar-refractivity contribution is 0.0257. The number of hydrogen-bond donors (Lipinski definition) is 0. The van der Waals surface area contributed by atoms with E-state index in [0.29, 0.717) is 0 Å². The topological polar surface area (TPSA) is 42.0 Å². The average Bonchev–Trinajstić information content (AvgIpc) is 2.97. The van der Waals surface area contributed by atoms with Gasteiger partial charge in [0.25, 0.3) is 0 Å². The third kappa shape index (κ3) is 10.7. The highest BCUT2D eigenvalue weighted by Gasteiger charge is 2.24. The van der Waals surface area contributed by atoms with Gasteiger partial charge in [-0.15, -0.1) is 0 Å². The van der Waals surface area contributed by atoms with Crippen molar-refractivity contribution >= 4 is 6.09 Å². The number of aryl methyl sites for hydroxylation is 1. The lowest BCUT2D eigenvalue weighted by Gasteiger charge is -2.26. The predicted molar refractivity (Wildman–Crippen MR) is 142 cm³/mol. The van der Waals surface area contributed by atoms with Crippen LogP contribution >= 0.6 is 0 Å². The van der Waals surface area contributed by atoms with Gasteiger partial charge in [0.1, 0.15) is 11.4 Å². The summed E-state index contributed by atoms with van der Waals surface area (Å²) in [5, 5.41) is 0. The van der Waals surface area contributed by atoms with Crippen molar-refractivity contribution in [3.63, 3.8) is 0 Å². The summed E-state index contributed by atoms with van der Waals surface area (Å²) < 4.78 is 11.7. The van der Waals surface area contributed by atoms with E-state index in [-0.39, 0.29) is 11.5 Å². The first kappa shape index (κ1) is 28.5. The van der Waals surface area contributed by atoms with Crippen LogP contribution in [0.25, 0.3) is 0 Å². The molecule has 194 valence electrons. The van der Waals surface area contributed by atoms with Crippen molar-refractivity contribution in [2.75, 3.05) is 39.3 Å². The number of ether oxygens (including phenoxy) is 2. The molecule has 0 saturated carbocycles. The average molecular weight is 475 g/mol. The highest BCUT2D eigenvalue weighted by atomic mass is 16.6. The summed E-state index contributed by atoms with van der Waals surface area (Å²) in [6, 6.07) is 6.53. The van der Waals surface area contributed by atoms with Crippen LogP contribution in [-0.2, 0) is 10.2 Å². The van der Waals surface area contributed by atoms with E-state index in [1.54, 1.807) is 0 Å². The summed E-state index contributed by atoms with van der Waals surface area (Å²) in [6.45, 7) is 20.2. The largest absolute Gasteiger partial charge is 0.493 e. The fourth-order valence-corrected chi connectivity index (χ4v) is 4.39. The Hall–Kier alpha value is -1.75. The normalized spacial score (nSPS) is 15.8. The van der Waals surface area contributed by atoms with Crippen LogP contribution in [0.2, 0.25) is 0 Å². The summed E-state index contributed by atoms with van der Waals surface area (Å²) in [4.78, 5) is 16.7. The molecule has 0 aliphatic carbocycles. The summed E-state index contributed by atoms with van der Waals surface area (Å²) in [5.41, 5.74) is 2.27. The van der Waals surface area contributed by atoms with Crippen molar-refractivity contribution in [2.24, 2.45) is 0 Å². The number of rotatable bonds is 10. The monoisotopic (exact) mass is 474 g/mol. The summed E-state index contributed by atoms with van der Waals surface area (Å²) in [7, 11) is 0. The van der Waals surface area contributed by atoms with Crippen LogP contribution in [0.15, 0.2) is 18.2 Å². The number of unbranched alkanes of at least 4 members (excludes halogenated alkanes) is 5. The predicted octanol–water partition coefficient (Wildman–Crippen LogP) is 6.95. The van der Waals surface area contributed by atoms with Crippen LogP contribution in [0.4, 0.5) is 4.79 Å². The van der Waals surface area contributed by atoms with Crippen LogP contribution in [0.5, 0.6) is 5.75 Å². The van der Waals surface area contributed by atoms with Gasteiger partial charge < -0.3 is 19.3 Å². The molecule has 0 aromatic heterocycles.